The van der Waals surface area contributed by atoms with Gasteiger partial charge in [-0.25, -0.2) is 0 Å². The second-order valence-electron chi connectivity index (χ2n) is 2.41. The lowest BCUT2D eigenvalue weighted by Gasteiger charge is -1.97. The van der Waals surface area contributed by atoms with Gasteiger partial charge in [-0.3, -0.25) is 0 Å². The van der Waals surface area contributed by atoms with Crippen LogP contribution in [-0.4, -0.2) is 0 Å². The molecule has 18 heavy (non-hydrogen) atoms. The van der Waals surface area contributed by atoms with E-state index >= 15 is 0 Å². The minimum absolute atomic E-state index is 0.572. The lowest BCUT2D eigenvalue weighted by molar-refractivity contribution is 0.868. The normalized spacial score (nSPS) is 6.33. The molecule has 0 heteroatoms. The summed E-state index contributed by atoms with van der Waals surface area (Å²) < 4.78 is 5.75. The van der Waals surface area contributed by atoms with Gasteiger partial charge in [0.05, 0.1) is 0 Å². The topological polar surface area (TPSA) is 0 Å². The molecule has 0 atom stereocenters. The van der Waals surface area contributed by atoms with Crippen LogP contribution in [0.4, 0.5) is 0 Å². The summed E-state index contributed by atoms with van der Waals surface area (Å²) in [4.78, 5) is 0. The minimum Gasteiger partial charge on any atom is -0.0776 e. The third kappa shape index (κ3) is 24.3. The van der Waals surface area contributed by atoms with Crippen molar-refractivity contribution >= 4 is 0 Å². The van der Waals surface area contributed by atoms with Crippen molar-refractivity contribution in [1.82, 2.24) is 0 Å². The van der Waals surface area contributed by atoms with Gasteiger partial charge in [0.2, 0.25) is 0 Å². The summed E-state index contributed by atoms with van der Waals surface area (Å²) in [7, 11) is 1.25. The minimum atomic E-state index is 0.572. The van der Waals surface area contributed by atoms with Gasteiger partial charge in [-0.1, -0.05) is 94.8 Å². The summed E-state index contributed by atoms with van der Waals surface area (Å²) in [6, 6.07) is 11.9. The molecule has 110 valence electrons. The molecular formula is C18H38. The monoisotopic (exact) mass is 255 g/mol. The van der Waals surface area contributed by atoms with Gasteiger partial charge in [-0.05, 0) is 18.1 Å². The maximum atomic E-state index is 5.75. The Morgan fingerprint density at radius 1 is 0.944 bits per heavy atom. The first-order chi connectivity index (χ1) is 9.30. The van der Waals surface area contributed by atoms with Crippen LogP contribution in [0.2, 0.25) is 0 Å². The average Bonchev–Trinajstić information content (AvgIpc) is 2.57. The molecule has 0 unspecified atom stereocenters. The summed E-state index contributed by atoms with van der Waals surface area (Å²) in [6.07, 6.45) is 0. The highest BCUT2D eigenvalue weighted by atomic mass is 14.0. The van der Waals surface area contributed by atoms with Crippen molar-refractivity contribution in [2.75, 3.05) is 0 Å². The molecule has 0 bridgehead atoms. The van der Waals surface area contributed by atoms with E-state index < -0.39 is 0 Å². The Morgan fingerprint density at radius 3 is 1.50 bits per heavy atom. The van der Waals surface area contributed by atoms with E-state index in [0.717, 1.165) is 0 Å². The molecule has 0 N–H and O–H groups in total. The highest BCUT2D eigenvalue weighted by Crippen LogP contribution is 2.08. The Morgan fingerprint density at radius 2 is 1.33 bits per heavy atom. The second-order valence-corrected chi connectivity index (χ2v) is 2.41. The van der Waals surface area contributed by atoms with Crippen LogP contribution in [0, 0.1) is 12.1 Å². The summed E-state index contributed by atoms with van der Waals surface area (Å²) in [5, 5.41) is 0. The summed E-state index contributed by atoms with van der Waals surface area (Å²) in [5.74, 6) is 0.572. The van der Waals surface area contributed by atoms with Crippen LogP contribution in [0.3, 0.4) is 0 Å². The van der Waals surface area contributed by atoms with E-state index in [9.17, 15) is 0 Å². The van der Waals surface area contributed by atoms with Crippen LogP contribution in [0.15, 0.2) is 18.2 Å². The number of rotatable bonds is 1. The Hall–Kier alpha value is -0.960. The van der Waals surface area contributed by atoms with Gasteiger partial charge in [0.15, 0.2) is 0 Å². The van der Waals surface area contributed by atoms with E-state index in [0.29, 0.717) is 5.92 Å². The largest absolute Gasteiger partial charge is 0.0776 e. The van der Waals surface area contributed by atoms with Crippen LogP contribution in [0.25, 0.3) is 0 Å². The Kier molecular flexibility index (Phi) is 51.6. The van der Waals surface area contributed by atoms with E-state index in [1.165, 1.54) is 13.0 Å². The second kappa shape index (κ2) is 36.0. The summed E-state index contributed by atoms with van der Waals surface area (Å²) in [6.45, 7) is 20.3. The Balaban J connectivity index is -0.0000000557. The number of hydrogen-bond acceptors (Lipinski definition) is 0. The quantitative estimate of drug-likeness (QED) is 0.500. The molecule has 0 spiro atoms. The molecule has 0 heterocycles. The van der Waals surface area contributed by atoms with Crippen molar-refractivity contribution in [3.63, 3.8) is 0 Å². The van der Waals surface area contributed by atoms with Crippen LogP contribution < -0.4 is 0 Å². The molecule has 0 aliphatic carbocycles. The molecule has 0 saturated carbocycles. The lowest BCUT2D eigenvalue weighted by atomic mass is 10.1. The first-order valence-electron chi connectivity index (χ1n) is 8.19. The smallest absolute Gasteiger partial charge is 0.0194 e. The van der Waals surface area contributed by atoms with Crippen LogP contribution in [0.1, 0.15) is 89.5 Å². The fourth-order valence-corrected chi connectivity index (χ4v) is 0.703. The van der Waals surface area contributed by atoms with Crippen molar-refractivity contribution in [1.29, 1.82) is 0 Å². The highest BCUT2D eigenvalue weighted by Gasteiger charge is 1.93. The van der Waals surface area contributed by atoms with E-state index in [1.54, 1.807) is 0 Å². The predicted octanol–water partition coefficient (Wildman–Crippen LogP) is 7.15. The number of hydrogen-bond donors (Lipinski definition) is 0. The van der Waals surface area contributed by atoms with Gasteiger partial charge in [0.1, 0.15) is 0 Å². The highest BCUT2D eigenvalue weighted by molar-refractivity contribution is 5.11. The predicted molar refractivity (Wildman–Crippen MR) is 90.3 cm³/mol. The molecule has 1 aromatic carbocycles. The molecule has 0 aromatic heterocycles. The molecular weight excluding hydrogens is 216 g/mol. The molecule has 0 aliphatic heterocycles. The first kappa shape index (κ1) is 25.8. The van der Waals surface area contributed by atoms with Crippen LogP contribution >= 0.6 is 0 Å². The lowest BCUT2D eigenvalue weighted by Crippen LogP contribution is -1.82. The molecule has 0 amide bonds. The zero-order valence-electron chi connectivity index (χ0n) is 15.8. The van der Waals surface area contributed by atoms with Gasteiger partial charge in [-0.2, -0.15) is 0 Å². The Bertz CT molecular complexity index is 168. The first-order valence-corrected chi connectivity index (χ1v) is 7.19. The van der Waals surface area contributed by atoms with Crippen molar-refractivity contribution in [3.05, 3.63) is 35.9 Å². The van der Waals surface area contributed by atoms with Gasteiger partial charge < -0.3 is 0 Å². The summed E-state index contributed by atoms with van der Waals surface area (Å²) in [5.41, 5.74) is 1.23. The van der Waals surface area contributed by atoms with Crippen molar-refractivity contribution < 1.29 is 1.37 Å². The van der Waals surface area contributed by atoms with Crippen LogP contribution in [0.5, 0.6) is 0 Å². The third-order valence-electron chi connectivity index (χ3n) is 1.29. The molecule has 1 rings (SSSR count). The van der Waals surface area contributed by atoms with Gasteiger partial charge >= 0.3 is 0 Å². The van der Waals surface area contributed by atoms with E-state index in [2.05, 4.69) is 32.0 Å². The van der Waals surface area contributed by atoms with Crippen LogP contribution in [-0.2, 0) is 0 Å². The van der Waals surface area contributed by atoms with Crippen molar-refractivity contribution in [2.45, 2.75) is 82.6 Å². The zero-order valence-corrected chi connectivity index (χ0v) is 14.8. The van der Waals surface area contributed by atoms with Gasteiger partial charge in [0, 0.05) is 6.93 Å². The van der Waals surface area contributed by atoms with Gasteiger partial charge in [-0.15, -0.1) is 0 Å². The standard InChI is InChI=1S/C9H10.4C2H6.CH4/c1-8(2)9-6-4-3-5-7-9;4*1-2;/h3-4,6,8H,1-2H3;4*1-2H3;1H4/i;;;;;1D. The fraction of sp³-hybridized carbons (Fsp3) is 0.667. The van der Waals surface area contributed by atoms with Gasteiger partial charge in [0.25, 0.3) is 0 Å². The SMILES string of the molecule is CC.CC.CC.CC.CC(C)c1c#cccc1.[2H]C. The molecule has 0 fully saturated rings. The third-order valence-corrected chi connectivity index (χ3v) is 1.29. The van der Waals surface area contributed by atoms with E-state index in [1.807, 2.05) is 67.5 Å². The molecule has 1 aromatic rings. The summed E-state index contributed by atoms with van der Waals surface area (Å²) >= 11 is 0. The Labute approximate surface area is 120 Å². The van der Waals surface area contributed by atoms with Crippen molar-refractivity contribution in [3.8, 4) is 0 Å². The molecule has 0 radical (unpaired) electrons. The fourth-order valence-electron chi connectivity index (χ4n) is 0.703. The molecule has 0 nitrogen and oxygen atoms in total. The van der Waals surface area contributed by atoms with E-state index in [-0.39, 0.29) is 0 Å². The maximum Gasteiger partial charge on any atom is 0.0194 e. The van der Waals surface area contributed by atoms with Crippen molar-refractivity contribution in [2.24, 2.45) is 0 Å². The molecule has 0 saturated heterocycles. The maximum absolute atomic E-state index is 5.75. The average molecular weight is 256 g/mol. The van der Waals surface area contributed by atoms with E-state index in [4.69, 9.17) is 1.37 Å². The zero-order chi connectivity index (χ0) is 16.7. The molecule has 0 aliphatic rings.